The number of nitrogen functional groups attached to an aromatic ring is 1. The monoisotopic (exact) mass is 408 g/mol. The van der Waals surface area contributed by atoms with E-state index >= 15 is 0 Å². The van der Waals surface area contributed by atoms with Crippen molar-refractivity contribution >= 4 is 22.8 Å². The lowest BCUT2D eigenvalue weighted by molar-refractivity contribution is -0.385. The second-order valence-electron chi connectivity index (χ2n) is 6.14. The van der Waals surface area contributed by atoms with E-state index < -0.39 is 27.8 Å². The van der Waals surface area contributed by atoms with Gasteiger partial charge in [-0.05, 0) is 12.1 Å². The fourth-order valence-corrected chi connectivity index (χ4v) is 2.90. The zero-order valence-electron chi connectivity index (χ0n) is 15.0. The molecule has 0 radical (unpaired) electrons. The van der Waals surface area contributed by atoms with Crippen LogP contribution in [0.15, 0.2) is 36.7 Å². The van der Waals surface area contributed by atoms with Crippen molar-refractivity contribution in [3.05, 3.63) is 69.7 Å². The second-order valence-corrected chi connectivity index (χ2v) is 6.14. The molecule has 3 aromatic heterocycles. The van der Waals surface area contributed by atoms with Crippen molar-refractivity contribution in [2.75, 3.05) is 5.73 Å². The maximum Gasteiger partial charge on any atom is 0.275 e. The van der Waals surface area contributed by atoms with E-state index in [2.05, 4.69) is 19.9 Å². The van der Waals surface area contributed by atoms with E-state index in [0.717, 1.165) is 0 Å². The van der Waals surface area contributed by atoms with Gasteiger partial charge in [0.25, 0.3) is 5.69 Å². The van der Waals surface area contributed by atoms with Crippen LogP contribution in [0.25, 0.3) is 22.6 Å². The largest absolute Gasteiger partial charge is 0.368 e. The fourth-order valence-electron chi connectivity index (χ4n) is 2.90. The molecule has 148 valence electrons. The molecule has 10 nitrogen and oxygen atoms in total. The van der Waals surface area contributed by atoms with E-state index in [1.807, 2.05) is 6.07 Å². The molecule has 2 N–H and O–H groups in total. The van der Waals surface area contributed by atoms with Gasteiger partial charge >= 0.3 is 0 Å². The molecule has 0 aliphatic carbocycles. The third-order valence-corrected chi connectivity index (χ3v) is 4.25. The number of hydrogen-bond donors (Lipinski definition) is 1. The maximum atomic E-state index is 14.3. The molecular weight excluding hydrogens is 398 g/mol. The van der Waals surface area contributed by atoms with Gasteiger partial charge in [0.1, 0.15) is 34.6 Å². The number of nitriles is 1. The van der Waals surface area contributed by atoms with Crippen LogP contribution in [0.2, 0.25) is 0 Å². The number of benzene rings is 1. The Labute approximate surface area is 166 Å². The standard InChI is InChI=1S/C18H10F2N8O2/c19-12-4-10(28(29)30)5-13(20)11(12)7-27-8-23-16-15(25-18(22)26-17(16)27)14-3-1-2-9(6-21)24-14/h1-5,8H,7H2,(H2,22,25,26). The Hall–Kier alpha value is -4.53. The number of nitrogens with zero attached hydrogens (tertiary/aromatic N) is 7. The van der Waals surface area contributed by atoms with Crippen LogP contribution < -0.4 is 5.73 Å². The summed E-state index contributed by atoms with van der Waals surface area (Å²) in [4.78, 5) is 26.5. The Bertz CT molecular complexity index is 1340. The summed E-state index contributed by atoms with van der Waals surface area (Å²) in [5.41, 5.74) is 5.87. The highest BCUT2D eigenvalue weighted by Gasteiger charge is 2.20. The summed E-state index contributed by atoms with van der Waals surface area (Å²) < 4.78 is 29.9. The van der Waals surface area contributed by atoms with E-state index in [1.165, 1.54) is 17.0 Å². The summed E-state index contributed by atoms with van der Waals surface area (Å²) in [6.07, 6.45) is 1.29. The van der Waals surface area contributed by atoms with Crippen LogP contribution in [-0.4, -0.2) is 29.4 Å². The van der Waals surface area contributed by atoms with Crippen molar-refractivity contribution in [2.45, 2.75) is 6.54 Å². The van der Waals surface area contributed by atoms with Gasteiger partial charge in [0.05, 0.1) is 35.6 Å². The van der Waals surface area contributed by atoms with E-state index in [-0.39, 0.29) is 35.0 Å². The summed E-state index contributed by atoms with van der Waals surface area (Å²) >= 11 is 0. The van der Waals surface area contributed by atoms with Gasteiger partial charge in [0.15, 0.2) is 5.65 Å². The van der Waals surface area contributed by atoms with Crippen LogP contribution in [-0.2, 0) is 6.54 Å². The molecule has 0 fully saturated rings. The van der Waals surface area contributed by atoms with Gasteiger partial charge in [-0.2, -0.15) is 10.2 Å². The van der Waals surface area contributed by atoms with Crippen LogP contribution in [0.3, 0.4) is 0 Å². The summed E-state index contributed by atoms with van der Waals surface area (Å²) in [5.74, 6) is -2.28. The van der Waals surface area contributed by atoms with Crippen molar-refractivity contribution in [3.8, 4) is 17.5 Å². The van der Waals surface area contributed by atoms with Gasteiger partial charge in [0.2, 0.25) is 5.95 Å². The van der Waals surface area contributed by atoms with E-state index in [0.29, 0.717) is 17.8 Å². The third kappa shape index (κ3) is 3.24. The van der Waals surface area contributed by atoms with Gasteiger partial charge in [-0.1, -0.05) is 6.07 Å². The average molecular weight is 408 g/mol. The number of nitrogens with two attached hydrogens (primary N) is 1. The first-order valence-electron chi connectivity index (χ1n) is 8.35. The zero-order chi connectivity index (χ0) is 21.4. The first-order chi connectivity index (χ1) is 14.4. The summed E-state index contributed by atoms with van der Waals surface area (Å²) in [6, 6.07) is 7.95. The van der Waals surface area contributed by atoms with Gasteiger partial charge in [-0.3, -0.25) is 10.1 Å². The van der Waals surface area contributed by atoms with Crippen LogP contribution in [0.1, 0.15) is 11.3 Å². The molecule has 0 saturated heterocycles. The Kier molecular flexibility index (Phi) is 4.47. The highest BCUT2D eigenvalue weighted by molar-refractivity contribution is 5.87. The van der Waals surface area contributed by atoms with Crippen LogP contribution in [0.4, 0.5) is 20.4 Å². The Balaban J connectivity index is 1.82. The summed E-state index contributed by atoms with van der Waals surface area (Å²) in [5, 5.41) is 19.8. The highest BCUT2D eigenvalue weighted by atomic mass is 19.1. The molecule has 1 aromatic carbocycles. The van der Waals surface area contributed by atoms with Crippen LogP contribution in [0, 0.1) is 33.1 Å². The minimum atomic E-state index is -1.07. The number of rotatable bonds is 4. The molecule has 0 unspecified atom stereocenters. The second kappa shape index (κ2) is 7.13. The number of halogens is 2. The molecule has 0 aliphatic rings. The number of anilines is 1. The SMILES string of the molecule is N#Cc1cccc(-c2nc(N)nc3c2ncn3Cc2c(F)cc([N+](=O)[O-])cc2F)n1. The van der Waals surface area contributed by atoms with Gasteiger partial charge in [-0.25, -0.2) is 23.7 Å². The molecule has 0 amide bonds. The molecular formula is C18H10F2N8O2. The lowest BCUT2D eigenvalue weighted by Gasteiger charge is -2.08. The Morgan fingerprint density at radius 1 is 1.20 bits per heavy atom. The first-order valence-corrected chi connectivity index (χ1v) is 8.35. The van der Waals surface area contributed by atoms with Crippen molar-refractivity contribution in [2.24, 2.45) is 0 Å². The smallest absolute Gasteiger partial charge is 0.275 e. The minimum absolute atomic E-state index is 0.131. The number of imidazole rings is 1. The quantitative estimate of drug-likeness (QED) is 0.400. The van der Waals surface area contributed by atoms with Gasteiger partial charge in [0, 0.05) is 5.56 Å². The topological polar surface area (TPSA) is 149 Å². The molecule has 4 rings (SSSR count). The Morgan fingerprint density at radius 3 is 2.60 bits per heavy atom. The van der Waals surface area contributed by atoms with Crippen molar-refractivity contribution in [1.82, 2.24) is 24.5 Å². The number of non-ortho nitro benzene ring substituents is 1. The van der Waals surface area contributed by atoms with Gasteiger partial charge < -0.3 is 10.3 Å². The van der Waals surface area contributed by atoms with E-state index in [4.69, 9.17) is 11.0 Å². The molecule has 0 spiro atoms. The van der Waals surface area contributed by atoms with Crippen molar-refractivity contribution in [1.29, 1.82) is 5.26 Å². The number of fused-ring (bicyclic) bond motifs is 1. The molecule has 0 saturated carbocycles. The van der Waals surface area contributed by atoms with Crippen molar-refractivity contribution < 1.29 is 13.7 Å². The van der Waals surface area contributed by atoms with Crippen molar-refractivity contribution in [3.63, 3.8) is 0 Å². The number of aromatic nitrogens is 5. The number of hydrogen-bond acceptors (Lipinski definition) is 8. The summed E-state index contributed by atoms with van der Waals surface area (Å²) in [6.45, 7) is -0.340. The van der Waals surface area contributed by atoms with E-state index in [1.54, 1.807) is 12.1 Å². The van der Waals surface area contributed by atoms with E-state index in [9.17, 15) is 18.9 Å². The average Bonchev–Trinajstić information content (AvgIpc) is 3.12. The van der Waals surface area contributed by atoms with Crippen LogP contribution >= 0.6 is 0 Å². The number of pyridine rings is 1. The predicted octanol–water partition coefficient (Wildman–Crippen LogP) is 2.58. The highest BCUT2D eigenvalue weighted by Crippen LogP contribution is 2.27. The summed E-state index contributed by atoms with van der Waals surface area (Å²) in [7, 11) is 0. The molecule has 30 heavy (non-hydrogen) atoms. The fraction of sp³-hybridized carbons (Fsp3) is 0.0556. The molecule has 4 aromatic rings. The molecule has 12 heteroatoms. The third-order valence-electron chi connectivity index (χ3n) is 4.25. The van der Waals surface area contributed by atoms with Crippen LogP contribution in [0.5, 0.6) is 0 Å². The lowest BCUT2D eigenvalue weighted by Crippen LogP contribution is -2.07. The first kappa shape index (κ1) is 18.8. The minimum Gasteiger partial charge on any atom is -0.368 e. The molecule has 0 aliphatic heterocycles. The molecule has 3 heterocycles. The Morgan fingerprint density at radius 2 is 1.93 bits per heavy atom. The molecule has 0 bridgehead atoms. The molecule has 0 atom stereocenters. The number of nitro benzene ring substituents is 1. The number of nitro groups is 1. The predicted molar refractivity (Wildman–Crippen MR) is 99.8 cm³/mol. The normalized spacial score (nSPS) is 10.8. The van der Waals surface area contributed by atoms with Gasteiger partial charge in [-0.15, -0.1) is 0 Å². The lowest BCUT2D eigenvalue weighted by atomic mass is 10.1. The maximum absolute atomic E-state index is 14.3. The zero-order valence-corrected chi connectivity index (χ0v) is 15.0.